The number of methoxy groups -OCH3 is 1. The molecule has 7 heteroatoms. The molecule has 2 amide bonds. The van der Waals surface area contributed by atoms with E-state index in [1.165, 1.54) is 0 Å². The molecule has 0 spiro atoms. The summed E-state index contributed by atoms with van der Waals surface area (Å²) in [7, 11) is 1.66. The van der Waals surface area contributed by atoms with Crippen LogP contribution in [-0.4, -0.2) is 72.6 Å². The fraction of sp³-hybridized carbons (Fsp3) is 0.500. The number of hydrogen-bond acceptors (Lipinski definition) is 4. The third kappa shape index (κ3) is 7.63. The maximum Gasteiger partial charge on any atom is 0.257 e. The Kier molecular flexibility index (Phi) is 10.4. The van der Waals surface area contributed by atoms with Crippen molar-refractivity contribution >= 4 is 22.7 Å². The van der Waals surface area contributed by atoms with Crippen molar-refractivity contribution in [3.63, 3.8) is 0 Å². The largest absolute Gasteiger partial charge is 0.491 e. The second-order valence-corrected chi connectivity index (χ2v) is 10.9. The Morgan fingerprint density at radius 3 is 2.59 bits per heavy atom. The lowest BCUT2D eigenvalue weighted by molar-refractivity contribution is -0.134. The third-order valence-electron chi connectivity index (χ3n) is 7.50. The number of nitrogens with zero attached hydrogens (tertiary/aromatic N) is 2. The Balaban J connectivity index is 1.60. The third-order valence-corrected chi connectivity index (χ3v) is 7.50. The van der Waals surface area contributed by atoms with Crippen LogP contribution in [0.2, 0.25) is 0 Å². The number of aromatic nitrogens is 1. The molecule has 0 saturated carbocycles. The van der Waals surface area contributed by atoms with Gasteiger partial charge < -0.3 is 24.3 Å². The Hall–Kier alpha value is -3.32. The number of amides is 2. The quantitative estimate of drug-likeness (QED) is 0.423. The maximum atomic E-state index is 13.9. The summed E-state index contributed by atoms with van der Waals surface area (Å²) in [6.45, 7) is 7.14. The topological polar surface area (TPSA) is 74.9 Å². The van der Waals surface area contributed by atoms with Gasteiger partial charge in [0.25, 0.3) is 5.91 Å². The monoisotopic (exact) mass is 533 g/mol. The highest BCUT2D eigenvalue weighted by molar-refractivity contribution is 5.97. The molecular formula is C32H43N3O4. The molecule has 7 nitrogen and oxygen atoms in total. The first-order valence-electron chi connectivity index (χ1n) is 14.3. The summed E-state index contributed by atoms with van der Waals surface area (Å²) in [4.78, 5) is 34.6. The molecule has 1 aliphatic rings. The van der Waals surface area contributed by atoms with Gasteiger partial charge in [0.15, 0.2) is 0 Å². The minimum absolute atomic E-state index is 0.0348. The summed E-state index contributed by atoms with van der Waals surface area (Å²) < 4.78 is 11.6. The van der Waals surface area contributed by atoms with Gasteiger partial charge in [-0.25, -0.2) is 0 Å². The molecule has 39 heavy (non-hydrogen) atoms. The molecule has 3 aromatic rings. The number of benzene rings is 2. The van der Waals surface area contributed by atoms with Gasteiger partial charge in [-0.1, -0.05) is 57.0 Å². The van der Waals surface area contributed by atoms with E-state index in [0.717, 1.165) is 48.6 Å². The van der Waals surface area contributed by atoms with Crippen LogP contribution in [0.1, 0.15) is 61.9 Å². The zero-order valence-corrected chi connectivity index (χ0v) is 23.7. The van der Waals surface area contributed by atoms with Crippen molar-refractivity contribution < 1.29 is 19.1 Å². The van der Waals surface area contributed by atoms with Crippen LogP contribution in [0, 0.1) is 5.92 Å². The van der Waals surface area contributed by atoms with E-state index in [4.69, 9.17) is 9.47 Å². The van der Waals surface area contributed by atoms with E-state index in [1.807, 2.05) is 58.5 Å². The zero-order chi connectivity index (χ0) is 27.6. The van der Waals surface area contributed by atoms with E-state index in [0.29, 0.717) is 56.5 Å². The summed E-state index contributed by atoms with van der Waals surface area (Å²) in [6.07, 6.45) is 6.99. The molecule has 0 bridgehead atoms. The molecule has 210 valence electrons. The lowest BCUT2D eigenvalue weighted by Gasteiger charge is -2.34. The summed E-state index contributed by atoms with van der Waals surface area (Å²) in [6, 6.07) is 15.5. The lowest BCUT2D eigenvalue weighted by atomic mass is 10.0. The number of nitrogens with one attached hydrogen (secondary N) is 1. The van der Waals surface area contributed by atoms with Crippen molar-refractivity contribution in [3.8, 4) is 5.75 Å². The number of ether oxygens (including phenoxy) is 2. The van der Waals surface area contributed by atoms with Gasteiger partial charge in [-0.3, -0.25) is 9.59 Å². The molecule has 4 rings (SSSR count). The van der Waals surface area contributed by atoms with Crippen LogP contribution in [0.5, 0.6) is 5.75 Å². The van der Waals surface area contributed by atoms with Crippen LogP contribution in [0.3, 0.4) is 0 Å². The van der Waals surface area contributed by atoms with Gasteiger partial charge in [-0.05, 0) is 48.9 Å². The predicted molar refractivity (Wildman–Crippen MR) is 155 cm³/mol. The van der Waals surface area contributed by atoms with Crippen molar-refractivity contribution in [3.05, 3.63) is 65.9 Å². The normalized spacial score (nSPS) is 17.6. The molecule has 2 aromatic carbocycles. The fourth-order valence-electron chi connectivity index (χ4n) is 5.46. The Morgan fingerprint density at radius 2 is 1.79 bits per heavy atom. The average molecular weight is 534 g/mol. The number of fused-ring (bicyclic) bond motifs is 2. The van der Waals surface area contributed by atoms with Crippen LogP contribution in [0.25, 0.3) is 10.9 Å². The van der Waals surface area contributed by atoms with E-state index in [1.54, 1.807) is 7.11 Å². The highest BCUT2D eigenvalue weighted by atomic mass is 16.5. The number of para-hydroxylation sites is 2. The standard InChI is InChI=1S/C32H43N3O4/c1-24(2)20-26-23-39-30-15-9-7-13-28(30)32(37)34(18-19-38-3)16-10-4-5-11-17-35(26)31(36)21-25-22-33-29-14-8-6-12-27(25)29/h6-9,12-15,22,24,26,33H,4-5,10-11,16-21,23H2,1-3H3/t26-/m0/s1. The molecule has 0 unspecified atom stereocenters. The number of hydrogen-bond donors (Lipinski definition) is 1. The van der Waals surface area contributed by atoms with E-state index >= 15 is 0 Å². The second kappa shape index (κ2) is 14.2. The molecule has 1 aliphatic heterocycles. The van der Waals surface area contributed by atoms with E-state index in [9.17, 15) is 9.59 Å². The van der Waals surface area contributed by atoms with Crippen LogP contribution in [0.4, 0.5) is 0 Å². The minimum Gasteiger partial charge on any atom is -0.491 e. The molecule has 1 aromatic heterocycles. The highest BCUT2D eigenvalue weighted by Gasteiger charge is 2.27. The minimum atomic E-state index is -0.0848. The highest BCUT2D eigenvalue weighted by Crippen LogP contribution is 2.25. The van der Waals surface area contributed by atoms with Gasteiger partial charge in [0, 0.05) is 43.8 Å². The van der Waals surface area contributed by atoms with Crippen LogP contribution in [-0.2, 0) is 16.0 Å². The van der Waals surface area contributed by atoms with Crippen molar-refractivity contribution in [1.29, 1.82) is 0 Å². The van der Waals surface area contributed by atoms with E-state index < -0.39 is 0 Å². The smallest absolute Gasteiger partial charge is 0.257 e. The SMILES string of the molecule is COCCN1CCCCCCN(C(=O)Cc2c[nH]c3ccccc23)[C@@H](CC(C)C)COc2ccccc2C1=O. The van der Waals surface area contributed by atoms with Crippen molar-refractivity contribution in [2.75, 3.05) is 40.0 Å². The fourth-order valence-corrected chi connectivity index (χ4v) is 5.46. The number of H-pyrrole nitrogens is 1. The Morgan fingerprint density at radius 1 is 1.05 bits per heavy atom. The van der Waals surface area contributed by atoms with Crippen molar-refractivity contribution in [2.45, 2.75) is 58.4 Å². The van der Waals surface area contributed by atoms with Crippen molar-refractivity contribution in [1.82, 2.24) is 14.8 Å². The van der Waals surface area contributed by atoms with Gasteiger partial charge in [0.2, 0.25) is 5.91 Å². The first-order valence-corrected chi connectivity index (χ1v) is 14.3. The molecule has 1 N–H and O–H groups in total. The summed E-state index contributed by atoms with van der Waals surface area (Å²) in [5.41, 5.74) is 2.63. The molecule has 0 fully saturated rings. The zero-order valence-electron chi connectivity index (χ0n) is 23.7. The molecule has 0 radical (unpaired) electrons. The van der Waals surface area contributed by atoms with Gasteiger partial charge in [0.1, 0.15) is 12.4 Å². The Labute approximate surface area is 232 Å². The summed E-state index contributed by atoms with van der Waals surface area (Å²) in [5.74, 6) is 1.05. The molecular weight excluding hydrogens is 490 g/mol. The van der Waals surface area contributed by atoms with Gasteiger partial charge in [0.05, 0.1) is 24.6 Å². The molecule has 2 heterocycles. The first-order chi connectivity index (χ1) is 19.0. The van der Waals surface area contributed by atoms with Gasteiger partial charge in [-0.2, -0.15) is 0 Å². The predicted octanol–water partition coefficient (Wildman–Crippen LogP) is 5.70. The van der Waals surface area contributed by atoms with Crippen LogP contribution >= 0.6 is 0 Å². The van der Waals surface area contributed by atoms with E-state index in [-0.39, 0.29) is 17.9 Å². The summed E-state index contributed by atoms with van der Waals surface area (Å²) >= 11 is 0. The molecule has 0 aliphatic carbocycles. The number of rotatable bonds is 7. The van der Waals surface area contributed by atoms with Crippen LogP contribution < -0.4 is 4.74 Å². The Bertz CT molecular complexity index is 1220. The van der Waals surface area contributed by atoms with Gasteiger partial charge >= 0.3 is 0 Å². The van der Waals surface area contributed by atoms with Crippen LogP contribution in [0.15, 0.2) is 54.7 Å². The number of aromatic amines is 1. The maximum absolute atomic E-state index is 13.9. The van der Waals surface area contributed by atoms with E-state index in [2.05, 4.69) is 24.9 Å². The first kappa shape index (κ1) is 28.7. The van der Waals surface area contributed by atoms with Crippen molar-refractivity contribution in [2.24, 2.45) is 5.92 Å². The summed E-state index contributed by atoms with van der Waals surface area (Å²) in [5, 5.41) is 1.09. The molecule has 0 saturated heterocycles. The second-order valence-electron chi connectivity index (χ2n) is 10.9. The molecule has 1 atom stereocenters. The van der Waals surface area contributed by atoms with Gasteiger partial charge in [-0.15, -0.1) is 0 Å². The number of carbonyl (C=O) groups excluding carboxylic acids is 2. The average Bonchev–Trinajstić information content (AvgIpc) is 3.34. The lowest BCUT2D eigenvalue weighted by Crippen LogP contribution is -2.46. The number of carbonyl (C=O) groups is 2.